The Morgan fingerprint density at radius 1 is 1.55 bits per heavy atom. The number of nitrogens with one attached hydrogen (secondary N) is 1. The van der Waals surface area contributed by atoms with Crippen molar-refractivity contribution in [3.8, 4) is 0 Å². The smallest absolute Gasteiger partial charge is 0.224 e. The maximum Gasteiger partial charge on any atom is 0.224 e. The Hall–Kier alpha value is -0.910. The number of nitrogens with zero attached hydrogens (tertiary/aromatic N) is 1. The molecule has 4 nitrogen and oxygen atoms in total. The lowest BCUT2D eigenvalue weighted by atomic mass is 9.94. The molecular formula is C15H22BrN3O. The number of amides is 1. The van der Waals surface area contributed by atoms with Gasteiger partial charge < -0.3 is 11.1 Å². The molecular weight excluding hydrogens is 318 g/mol. The first-order chi connectivity index (χ1) is 9.67. The average molecular weight is 340 g/mol. The molecule has 3 N–H and O–H groups in total. The molecule has 0 aromatic heterocycles. The van der Waals surface area contributed by atoms with Crippen LogP contribution in [0, 0.1) is 5.92 Å². The summed E-state index contributed by atoms with van der Waals surface area (Å²) in [5.41, 5.74) is 7.20. The van der Waals surface area contributed by atoms with E-state index in [1.54, 1.807) is 7.05 Å². The number of hydrogen-bond donors (Lipinski definition) is 2. The summed E-state index contributed by atoms with van der Waals surface area (Å²) < 4.78 is 1.08. The highest BCUT2D eigenvalue weighted by Crippen LogP contribution is 2.30. The second kappa shape index (κ2) is 7.20. The number of halogens is 1. The van der Waals surface area contributed by atoms with Crippen molar-refractivity contribution in [1.82, 2.24) is 10.2 Å². The van der Waals surface area contributed by atoms with E-state index < -0.39 is 0 Å². The quantitative estimate of drug-likeness (QED) is 0.880. The van der Waals surface area contributed by atoms with Gasteiger partial charge in [0.05, 0.1) is 5.92 Å². The molecule has 0 radical (unpaired) electrons. The number of likely N-dealkylation sites (tertiary alicyclic amines) is 1. The van der Waals surface area contributed by atoms with Crippen LogP contribution in [0.1, 0.15) is 24.4 Å². The first-order valence-corrected chi connectivity index (χ1v) is 7.86. The van der Waals surface area contributed by atoms with Crippen LogP contribution in [0.25, 0.3) is 0 Å². The molecule has 20 heavy (non-hydrogen) atoms. The summed E-state index contributed by atoms with van der Waals surface area (Å²) in [6, 6.07) is 8.34. The molecule has 1 amide bonds. The van der Waals surface area contributed by atoms with Gasteiger partial charge in [0.15, 0.2) is 0 Å². The fourth-order valence-corrected chi connectivity index (χ4v) is 3.47. The Kier molecular flexibility index (Phi) is 5.57. The van der Waals surface area contributed by atoms with Gasteiger partial charge in [-0.1, -0.05) is 34.1 Å². The number of carbonyl (C=O) groups excluding carboxylic acids is 1. The average Bonchev–Trinajstić information content (AvgIpc) is 2.49. The Bertz CT molecular complexity index is 466. The van der Waals surface area contributed by atoms with Crippen LogP contribution in [0.3, 0.4) is 0 Å². The highest BCUT2D eigenvalue weighted by Gasteiger charge is 2.30. The van der Waals surface area contributed by atoms with Gasteiger partial charge in [-0.3, -0.25) is 9.69 Å². The third-order valence-electron chi connectivity index (χ3n) is 4.00. The molecule has 2 rings (SSSR count). The van der Waals surface area contributed by atoms with Crippen molar-refractivity contribution in [2.24, 2.45) is 11.7 Å². The molecule has 5 heteroatoms. The molecule has 110 valence electrons. The molecule has 0 spiro atoms. The molecule has 2 atom stereocenters. The van der Waals surface area contributed by atoms with Crippen molar-refractivity contribution < 1.29 is 4.79 Å². The van der Waals surface area contributed by atoms with Crippen molar-refractivity contribution in [3.63, 3.8) is 0 Å². The van der Waals surface area contributed by atoms with Crippen molar-refractivity contribution >= 4 is 21.8 Å². The van der Waals surface area contributed by atoms with E-state index in [1.807, 2.05) is 18.2 Å². The van der Waals surface area contributed by atoms with E-state index in [9.17, 15) is 4.79 Å². The van der Waals surface area contributed by atoms with Crippen molar-refractivity contribution in [2.45, 2.75) is 18.9 Å². The second-order valence-corrected chi connectivity index (χ2v) is 6.08. The van der Waals surface area contributed by atoms with E-state index in [-0.39, 0.29) is 17.9 Å². The van der Waals surface area contributed by atoms with E-state index in [0.29, 0.717) is 6.54 Å². The van der Waals surface area contributed by atoms with Gasteiger partial charge in [0.25, 0.3) is 0 Å². The van der Waals surface area contributed by atoms with Crippen LogP contribution in [0.2, 0.25) is 0 Å². The zero-order valence-corrected chi connectivity index (χ0v) is 13.4. The lowest BCUT2D eigenvalue weighted by Gasteiger charge is -2.37. The maximum atomic E-state index is 11.8. The molecule has 1 saturated heterocycles. The van der Waals surface area contributed by atoms with Gasteiger partial charge in [-0.15, -0.1) is 0 Å². The van der Waals surface area contributed by atoms with Crippen molar-refractivity contribution in [2.75, 3.05) is 26.7 Å². The molecule has 0 aliphatic carbocycles. The second-order valence-electron chi connectivity index (χ2n) is 5.22. The van der Waals surface area contributed by atoms with E-state index in [1.165, 1.54) is 5.56 Å². The monoisotopic (exact) mass is 339 g/mol. The first-order valence-electron chi connectivity index (χ1n) is 7.07. The minimum Gasteiger partial charge on any atom is -0.359 e. The molecule has 1 aromatic rings. The van der Waals surface area contributed by atoms with Crippen LogP contribution in [0.4, 0.5) is 0 Å². The van der Waals surface area contributed by atoms with Crippen LogP contribution < -0.4 is 11.1 Å². The van der Waals surface area contributed by atoms with Gasteiger partial charge in [-0.25, -0.2) is 0 Å². The normalized spacial score (nSPS) is 21.4. The van der Waals surface area contributed by atoms with Crippen LogP contribution in [0.5, 0.6) is 0 Å². The Labute approximate surface area is 128 Å². The molecule has 1 aromatic carbocycles. The molecule has 1 fully saturated rings. The molecule has 0 saturated carbocycles. The number of rotatable bonds is 4. The molecule has 1 aliphatic rings. The third-order valence-corrected chi connectivity index (χ3v) is 4.72. The van der Waals surface area contributed by atoms with Crippen LogP contribution >= 0.6 is 15.9 Å². The van der Waals surface area contributed by atoms with Gasteiger partial charge in [0.1, 0.15) is 0 Å². The van der Waals surface area contributed by atoms with Crippen LogP contribution in [0.15, 0.2) is 28.7 Å². The predicted molar refractivity (Wildman–Crippen MR) is 84.3 cm³/mol. The molecule has 2 unspecified atom stereocenters. The van der Waals surface area contributed by atoms with Gasteiger partial charge >= 0.3 is 0 Å². The maximum absolute atomic E-state index is 11.8. The standard InChI is InChI=1S/C15H22BrN3O/c1-18-15(20)11-5-4-8-19(10-11)14(9-17)12-6-2-3-7-13(12)16/h2-3,6-7,11,14H,4-5,8-10,17H2,1H3,(H,18,20). The largest absolute Gasteiger partial charge is 0.359 e. The molecule has 1 heterocycles. The fraction of sp³-hybridized carbons (Fsp3) is 0.533. The Balaban J connectivity index is 2.15. The topological polar surface area (TPSA) is 58.4 Å². The van der Waals surface area contributed by atoms with Crippen LogP contribution in [-0.4, -0.2) is 37.5 Å². The summed E-state index contributed by atoms with van der Waals surface area (Å²) in [6.45, 7) is 2.34. The highest BCUT2D eigenvalue weighted by molar-refractivity contribution is 9.10. The zero-order valence-electron chi connectivity index (χ0n) is 11.8. The molecule has 0 bridgehead atoms. The summed E-state index contributed by atoms with van der Waals surface area (Å²) in [4.78, 5) is 14.2. The van der Waals surface area contributed by atoms with Crippen molar-refractivity contribution in [3.05, 3.63) is 34.3 Å². The highest BCUT2D eigenvalue weighted by atomic mass is 79.9. The number of benzene rings is 1. The van der Waals surface area contributed by atoms with Gasteiger partial charge in [-0.05, 0) is 31.0 Å². The minimum atomic E-state index is 0.0743. The lowest BCUT2D eigenvalue weighted by molar-refractivity contribution is -0.126. The summed E-state index contributed by atoms with van der Waals surface area (Å²) in [5.74, 6) is 0.211. The summed E-state index contributed by atoms with van der Waals surface area (Å²) in [6.07, 6.45) is 2.00. The Morgan fingerprint density at radius 3 is 2.95 bits per heavy atom. The number of piperidine rings is 1. The fourth-order valence-electron chi connectivity index (χ4n) is 2.93. The van der Waals surface area contributed by atoms with E-state index in [0.717, 1.165) is 30.4 Å². The number of nitrogens with two attached hydrogens (primary N) is 1. The van der Waals surface area contributed by atoms with Gasteiger partial charge in [-0.2, -0.15) is 0 Å². The van der Waals surface area contributed by atoms with Crippen LogP contribution in [-0.2, 0) is 4.79 Å². The first kappa shape index (κ1) is 15.5. The van der Waals surface area contributed by atoms with E-state index in [2.05, 4.69) is 32.2 Å². The van der Waals surface area contributed by atoms with E-state index >= 15 is 0 Å². The Morgan fingerprint density at radius 2 is 2.30 bits per heavy atom. The zero-order chi connectivity index (χ0) is 14.5. The minimum absolute atomic E-state index is 0.0743. The number of carbonyl (C=O) groups is 1. The van der Waals surface area contributed by atoms with Crippen molar-refractivity contribution in [1.29, 1.82) is 0 Å². The predicted octanol–water partition coefficient (Wildman–Crippen LogP) is 1.91. The lowest BCUT2D eigenvalue weighted by Crippen LogP contribution is -2.45. The summed E-state index contributed by atoms with van der Waals surface area (Å²) in [7, 11) is 1.70. The molecule has 1 aliphatic heterocycles. The third kappa shape index (κ3) is 3.40. The SMILES string of the molecule is CNC(=O)C1CCCN(C(CN)c2ccccc2Br)C1. The van der Waals surface area contributed by atoms with E-state index in [4.69, 9.17) is 5.73 Å². The summed E-state index contributed by atoms with van der Waals surface area (Å²) >= 11 is 3.60. The van der Waals surface area contributed by atoms with Gasteiger partial charge in [0.2, 0.25) is 5.91 Å². The van der Waals surface area contributed by atoms with Gasteiger partial charge in [0, 0.05) is 30.7 Å². The summed E-state index contributed by atoms with van der Waals surface area (Å²) in [5, 5.41) is 2.76. The number of hydrogen-bond acceptors (Lipinski definition) is 3.